The minimum Gasteiger partial charge on any atom is -0.597 e. The van der Waals surface area contributed by atoms with Gasteiger partial charge in [0.05, 0.1) is 36.2 Å². The van der Waals surface area contributed by atoms with Crippen LogP contribution in [0.3, 0.4) is 0 Å². The van der Waals surface area contributed by atoms with Gasteiger partial charge in [0.1, 0.15) is 10.5 Å². The normalized spacial score (nSPS) is 21.1. The second kappa shape index (κ2) is 8.15. The Morgan fingerprint density at radius 3 is 2.21 bits per heavy atom. The van der Waals surface area contributed by atoms with E-state index in [1.54, 1.807) is 13.3 Å². The highest BCUT2D eigenvalue weighted by molar-refractivity contribution is 7.90. The topological polar surface area (TPSA) is 66.9 Å². The second-order valence-electron chi connectivity index (χ2n) is 9.21. The van der Waals surface area contributed by atoms with Gasteiger partial charge in [-0.25, -0.2) is 0 Å². The number of methoxy groups -OCH3 is 1. The molecule has 0 saturated carbocycles. The molecule has 2 heterocycles. The molecule has 0 amide bonds. The first-order chi connectivity index (χ1) is 12.7. The molecule has 2 atom stereocenters. The molecule has 1 aromatic rings. The quantitative estimate of drug-likeness (QED) is 0.530. The molecule has 1 unspecified atom stereocenters. The summed E-state index contributed by atoms with van der Waals surface area (Å²) in [6.07, 6.45) is 1.69. The van der Waals surface area contributed by atoms with Crippen LogP contribution in [0.4, 0.5) is 0 Å². The Morgan fingerprint density at radius 2 is 1.79 bits per heavy atom. The largest absolute Gasteiger partial charge is 0.597 e. The van der Waals surface area contributed by atoms with E-state index < -0.39 is 29.7 Å². The zero-order chi connectivity index (χ0) is 21.5. The number of nitrogens with zero attached hydrogens (tertiary/aromatic N) is 2. The Labute approximate surface area is 173 Å². The van der Waals surface area contributed by atoms with Crippen LogP contribution < -0.4 is 10.2 Å². The van der Waals surface area contributed by atoms with Crippen LogP contribution in [0, 0.1) is 0 Å². The van der Waals surface area contributed by atoms with Crippen LogP contribution in [0.25, 0.3) is 0 Å². The Hall–Kier alpha value is -0.795. The van der Waals surface area contributed by atoms with Gasteiger partial charge in [-0.3, -0.25) is 4.98 Å². The molecule has 0 spiro atoms. The van der Waals surface area contributed by atoms with Crippen molar-refractivity contribution < 1.29 is 18.6 Å². The monoisotopic (exact) mass is 410 g/mol. The van der Waals surface area contributed by atoms with Crippen molar-refractivity contribution in [2.24, 2.45) is 0 Å². The zero-order valence-electron chi connectivity index (χ0n) is 19.0. The molecule has 1 saturated heterocycles. The smallest absolute Gasteiger partial charge is 0.498 e. The van der Waals surface area contributed by atoms with Crippen molar-refractivity contribution in [3.63, 3.8) is 0 Å². The first kappa shape index (κ1) is 23.5. The standard InChI is InChI=1S/C20H35BN2O4S/c1-11-23(28(24)18(3,4)5)14(2)16-12-15(17(25-10)13-22-16)21-26-19(6,7)20(8,9)27-21/h12-14H,11H2,1-10H3/t14-,28?/m1/s1. The summed E-state index contributed by atoms with van der Waals surface area (Å²) in [5, 5.41) is 0. The lowest BCUT2D eigenvalue weighted by Gasteiger charge is -2.35. The van der Waals surface area contributed by atoms with Crippen LogP contribution in [-0.2, 0) is 20.7 Å². The van der Waals surface area contributed by atoms with Crippen LogP contribution in [0.5, 0.6) is 5.75 Å². The van der Waals surface area contributed by atoms with E-state index in [0.717, 1.165) is 11.2 Å². The molecule has 6 nitrogen and oxygen atoms in total. The van der Waals surface area contributed by atoms with E-state index in [0.29, 0.717) is 12.3 Å². The molecule has 0 N–H and O–H groups in total. The summed E-state index contributed by atoms with van der Waals surface area (Å²) in [7, 11) is 1.07. The fraction of sp³-hybridized carbons (Fsp3) is 0.750. The first-order valence-electron chi connectivity index (χ1n) is 9.83. The molecule has 158 valence electrons. The average molecular weight is 410 g/mol. The molecule has 1 aliphatic rings. The molecule has 2 rings (SSSR count). The molecule has 0 aromatic carbocycles. The summed E-state index contributed by atoms with van der Waals surface area (Å²) in [6, 6.07) is 1.82. The van der Waals surface area contributed by atoms with Gasteiger partial charge in [-0.15, -0.1) is 4.31 Å². The molecule has 0 aliphatic carbocycles. The molecular weight excluding hydrogens is 375 g/mol. The van der Waals surface area contributed by atoms with Crippen molar-refractivity contribution in [1.82, 2.24) is 9.29 Å². The Kier molecular flexibility index (Phi) is 6.83. The summed E-state index contributed by atoms with van der Waals surface area (Å²) >= 11 is -1.15. The zero-order valence-corrected chi connectivity index (χ0v) is 19.8. The van der Waals surface area contributed by atoms with Gasteiger partial charge in [0, 0.05) is 23.4 Å². The van der Waals surface area contributed by atoms with Gasteiger partial charge in [0.2, 0.25) is 0 Å². The van der Waals surface area contributed by atoms with Gasteiger partial charge in [-0.1, -0.05) is 0 Å². The lowest BCUT2D eigenvalue weighted by atomic mass is 9.78. The lowest BCUT2D eigenvalue weighted by Crippen LogP contribution is -2.44. The van der Waals surface area contributed by atoms with Crippen molar-refractivity contribution in [3.8, 4) is 5.75 Å². The van der Waals surface area contributed by atoms with Crippen LogP contribution >= 0.6 is 0 Å². The van der Waals surface area contributed by atoms with Crippen molar-refractivity contribution in [1.29, 1.82) is 0 Å². The number of pyridine rings is 1. The SMILES string of the molecule is CCN([C@H](C)c1cc(B2OC(C)(C)C(C)(C)O2)c(OC)cn1)[S+]([O-])C(C)(C)C. The number of ether oxygens (including phenoxy) is 1. The number of rotatable bonds is 6. The fourth-order valence-corrected chi connectivity index (χ4v) is 4.40. The van der Waals surface area contributed by atoms with E-state index >= 15 is 0 Å². The Bertz CT molecular complexity index is 677. The van der Waals surface area contributed by atoms with Crippen LogP contribution in [-0.4, -0.2) is 50.6 Å². The predicted octanol–water partition coefficient (Wildman–Crippen LogP) is 3.23. The highest BCUT2D eigenvalue weighted by atomic mass is 32.2. The maximum atomic E-state index is 13.0. The molecule has 8 heteroatoms. The Balaban J connectivity index is 2.40. The summed E-state index contributed by atoms with van der Waals surface area (Å²) in [6.45, 7) is 18.7. The minimum atomic E-state index is -1.15. The van der Waals surface area contributed by atoms with Crippen LogP contribution in [0.1, 0.15) is 74.0 Å². The molecule has 28 heavy (non-hydrogen) atoms. The third-order valence-electron chi connectivity index (χ3n) is 5.55. The summed E-state index contributed by atoms with van der Waals surface area (Å²) in [5.41, 5.74) is 0.725. The lowest BCUT2D eigenvalue weighted by molar-refractivity contribution is 0.00578. The van der Waals surface area contributed by atoms with Gasteiger partial charge in [0.15, 0.2) is 0 Å². The van der Waals surface area contributed by atoms with Gasteiger partial charge in [-0.05, 0) is 68.4 Å². The summed E-state index contributed by atoms with van der Waals surface area (Å²) in [5.74, 6) is 0.620. The first-order valence-corrected chi connectivity index (χ1v) is 10.9. The van der Waals surface area contributed by atoms with Gasteiger partial charge in [-0.2, -0.15) is 0 Å². The maximum Gasteiger partial charge on any atom is 0.498 e. The van der Waals surface area contributed by atoms with Crippen molar-refractivity contribution in [2.75, 3.05) is 13.7 Å². The highest BCUT2D eigenvalue weighted by Crippen LogP contribution is 2.37. The molecule has 1 aliphatic heterocycles. The summed E-state index contributed by atoms with van der Waals surface area (Å²) < 4.78 is 32.5. The second-order valence-corrected chi connectivity index (χ2v) is 11.4. The molecule has 1 aromatic heterocycles. The fourth-order valence-electron chi connectivity index (χ4n) is 3.06. The molecule has 1 fully saturated rings. The number of aromatic nitrogens is 1. The van der Waals surface area contributed by atoms with Gasteiger partial charge in [0.25, 0.3) is 0 Å². The molecule has 0 radical (unpaired) electrons. The van der Waals surface area contributed by atoms with E-state index in [1.807, 2.05) is 72.7 Å². The van der Waals surface area contributed by atoms with Crippen LogP contribution in [0.15, 0.2) is 12.3 Å². The van der Waals surface area contributed by atoms with Gasteiger partial charge < -0.3 is 18.6 Å². The van der Waals surface area contributed by atoms with E-state index in [4.69, 9.17) is 14.0 Å². The van der Waals surface area contributed by atoms with E-state index in [2.05, 4.69) is 4.98 Å². The Morgan fingerprint density at radius 1 is 1.25 bits per heavy atom. The average Bonchev–Trinajstić information content (AvgIpc) is 2.81. The van der Waals surface area contributed by atoms with Crippen molar-refractivity contribution >= 4 is 23.9 Å². The number of hydrogen-bond acceptors (Lipinski definition) is 6. The van der Waals surface area contributed by atoms with Gasteiger partial charge >= 0.3 is 7.12 Å². The molecular formula is C20H35BN2O4S. The highest BCUT2D eigenvalue weighted by Gasteiger charge is 2.52. The van der Waals surface area contributed by atoms with E-state index in [9.17, 15) is 4.55 Å². The number of hydrogen-bond donors (Lipinski definition) is 0. The van der Waals surface area contributed by atoms with Crippen LogP contribution in [0.2, 0.25) is 0 Å². The van der Waals surface area contributed by atoms with Crippen molar-refractivity contribution in [2.45, 2.75) is 84.3 Å². The maximum absolute atomic E-state index is 13.0. The molecule has 0 bridgehead atoms. The third kappa shape index (κ3) is 4.51. The third-order valence-corrected chi connectivity index (χ3v) is 7.60. The van der Waals surface area contributed by atoms with E-state index in [-0.39, 0.29) is 10.8 Å². The minimum absolute atomic E-state index is 0.128. The van der Waals surface area contributed by atoms with E-state index in [1.165, 1.54) is 0 Å². The predicted molar refractivity (Wildman–Crippen MR) is 115 cm³/mol. The van der Waals surface area contributed by atoms with Crippen molar-refractivity contribution in [3.05, 3.63) is 18.0 Å². The summed E-state index contributed by atoms with van der Waals surface area (Å²) in [4.78, 5) is 4.58.